The summed E-state index contributed by atoms with van der Waals surface area (Å²) in [6, 6.07) is 31.5. The Labute approximate surface area is 394 Å². The molecule has 0 aromatic heterocycles. The maximum atomic E-state index is 14.3. The van der Waals surface area contributed by atoms with Crippen molar-refractivity contribution in [3.63, 3.8) is 0 Å². The van der Waals surface area contributed by atoms with Crippen LogP contribution in [0.15, 0.2) is 134 Å². The van der Waals surface area contributed by atoms with Gasteiger partial charge in [-0.2, -0.15) is 13.2 Å². The molecule has 0 saturated heterocycles. The van der Waals surface area contributed by atoms with E-state index in [0.29, 0.717) is 64.7 Å². The quantitative estimate of drug-likeness (QED) is 0.0482. The zero-order valence-corrected chi connectivity index (χ0v) is 38.5. The van der Waals surface area contributed by atoms with Crippen molar-refractivity contribution in [2.45, 2.75) is 76.8 Å². The number of aryl methyl sites for hydroxylation is 2. The molecule has 2 unspecified atom stereocenters. The second-order valence-corrected chi connectivity index (χ2v) is 16.5. The summed E-state index contributed by atoms with van der Waals surface area (Å²) >= 11 is 12.7. The third-order valence-corrected chi connectivity index (χ3v) is 11.5. The Morgan fingerprint density at radius 3 is 1.65 bits per heavy atom. The summed E-state index contributed by atoms with van der Waals surface area (Å²) in [6.45, 7) is 10.8. The first kappa shape index (κ1) is 51.0. The van der Waals surface area contributed by atoms with Crippen molar-refractivity contribution in [1.82, 2.24) is 0 Å². The maximum absolute atomic E-state index is 14.3. The van der Waals surface area contributed by atoms with Gasteiger partial charge < -0.3 is 20.1 Å². The van der Waals surface area contributed by atoms with Crippen LogP contribution in [-0.4, -0.2) is 13.2 Å². The lowest BCUT2D eigenvalue weighted by atomic mass is 9.78. The minimum atomic E-state index is -4.42. The summed E-state index contributed by atoms with van der Waals surface area (Å²) < 4.78 is 90.9. The van der Waals surface area contributed by atoms with Gasteiger partial charge in [0.1, 0.15) is 29.0 Å². The molecule has 0 radical (unpaired) electrons. The first-order valence-corrected chi connectivity index (χ1v) is 22.3. The summed E-state index contributed by atoms with van der Waals surface area (Å²) in [5.74, 6) is 3.17. The molecule has 0 aliphatic carbocycles. The van der Waals surface area contributed by atoms with E-state index in [1.54, 1.807) is 36.4 Å². The summed E-state index contributed by atoms with van der Waals surface area (Å²) in [4.78, 5) is 0. The molecule has 6 aromatic carbocycles. The fourth-order valence-electron chi connectivity index (χ4n) is 7.26. The van der Waals surface area contributed by atoms with Gasteiger partial charge in [0, 0.05) is 17.3 Å². The molecule has 6 aromatic rings. The zero-order chi connectivity index (χ0) is 47.9. The lowest BCUT2D eigenvalue weighted by Gasteiger charge is -2.25. The standard InChI is InChI=1S/C28H26ClF4NO.C26H26ClF2NO/c1-4-27(3,21-11-15-26(35-5-2)23(29)18-21)16-6-7-19-8-14-24(30)25(17-19)34-22-12-9-20(10-13-22)28(31,32)33;1-3-19(20-9-15-26(31-4-2)23(27)17-20)7-5-6-18-8-14-24(29)25(16-18)30-22-12-10-21(28)11-13-22/h1,8-15,17-18,34H,5-7,16H2,2-3H3;3,8-17,19,30H,1,4-7H2,2H3. The van der Waals surface area contributed by atoms with E-state index in [9.17, 15) is 26.3 Å². The van der Waals surface area contributed by atoms with Crippen molar-refractivity contribution >= 4 is 46.0 Å². The summed E-state index contributed by atoms with van der Waals surface area (Å²) in [5.41, 5.74) is 4.18. The van der Waals surface area contributed by atoms with Gasteiger partial charge in [-0.1, -0.05) is 59.5 Å². The predicted molar refractivity (Wildman–Crippen MR) is 257 cm³/mol. The summed E-state index contributed by atoms with van der Waals surface area (Å²) in [6.07, 6.45) is 8.03. The van der Waals surface area contributed by atoms with Crippen LogP contribution in [0.5, 0.6) is 11.5 Å². The van der Waals surface area contributed by atoms with E-state index in [0.717, 1.165) is 60.1 Å². The van der Waals surface area contributed by atoms with Crippen LogP contribution in [0.4, 0.5) is 49.1 Å². The SMILES string of the molecule is C#CC(C)(CCCc1ccc(F)c(Nc2ccc(C(F)(F)F)cc2)c1)c1ccc(OCC)c(Cl)c1.C=CC(CCCc1ccc(F)c(Nc2ccc(F)cc2)c1)c1ccc(OCC)c(Cl)c1. The number of nitrogens with one attached hydrogen (secondary N) is 2. The number of alkyl halides is 3. The van der Waals surface area contributed by atoms with Crippen molar-refractivity contribution in [3.05, 3.63) is 189 Å². The molecule has 6 rings (SSSR count). The van der Waals surface area contributed by atoms with Crippen LogP contribution in [0.1, 0.15) is 80.2 Å². The highest BCUT2D eigenvalue weighted by Crippen LogP contribution is 2.36. The van der Waals surface area contributed by atoms with Crippen molar-refractivity contribution in [2.24, 2.45) is 0 Å². The average molecular weight is 946 g/mol. The smallest absolute Gasteiger partial charge is 0.416 e. The largest absolute Gasteiger partial charge is 0.492 e. The average Bonchev–Trinajstić information content (AvgIpc) is 3.29. The van der Waals surface area contributed by atoms with Gasteiger partial charge in [0.2, 0.25) is 0 Å². The molecular formula is C54H52Cl2F6N2O2. The molecule has 0 spiro atoms. The number of hydrogen-bond acceptors (Lipinski definition) is 4. The zero-order valence-electron chi connectivity index (χ0n) is 37.0. The maximum Gasteiger partial charge on any atom is 0.416 e. The van der Waals surface area contributed by atoms with Crippen LogP contribution in [0.3, 0.4) is 0 Å². The molecule has 0 bridgehead atoms. The lowest BCUT2D eigenvalue weighted by molar-refractivity contribution is -0.137. The molecule has 0 heterocycles. The normalized spacial score (nSPS) is 12.5. The number of rotatable bonds is 19. The fraction of sp³-hybridized carbons (Fsp3) is 0.259. The monoisotopic (exact) mass is 944 g/mol. The summed E-state index contributed by atoms with van der Waals surface area (Å²) in [5, 5.41) is 6.97. The molecule has 2 atom stereocenters. The Hall–Kier alpha value is -6.02. The predicted octanol–water partition coefficient (Wildman–Crippen LogP) is 16.6. The Morgan fingerprint density at radius 2 is 1.17 bits per heavy atom. The first-order valence-electron chi connectivity index (χ1n) is 21.5. The molecule has 346 valence electrons. The number of terminal acetylenes is 1. The van der Waals surface area contributed by atoms with Crippen LogP contribution in [0.2, 0.25) is 10.0 Å². The van der Waals surface area contributed by atoms with Crippen LogP contribution in [0, 0.1) is 29.8 Å². The van der Waals surface area contributed by atoms with Gasteiger partial charge in [-0.25, -0.2) is 13.2 Å². The van der Waals surface area contributed by atoms with E-state index in [1.165, 1.54) is 36.4 Å². The summed E-state index contributed by atoms with van der Waals surface area (Å²) in [7, 11) is 0. The van der Waals surface area contributed by atoms with Gasteiger partial charge in [-0.3, -0.25) is 0 Å². The Morgan fingerprint density at radius 1 is 0.667 bits per heavy atom. The Kier molecular flexibility index (Phi) is 18.5. The van der Waals surface area contributed by atoms with E-state index in [4.69, 9.17) is 39.1 Å². The Balaban J connectivity index is 0.000000249. The van der Waals surface area contributed by atoms with E-state index in [2.05, 4.69) is 23.1 Å². The van der Waals surface area contributed by atoms with Crippen molar-refractivity contribution in [1.29, 1.82) is 0 Å². The highest BCUT2D eigenvalue weighted by Gasteiger charge is 2.30. The first-order chi connectivity index (χ1) is 31.5. The number of ether oxygens (including phenoxy) is 2. The van der Waals surface area contributed by atoms with Crippen molar-refractivity contribution < 1.29 is 35.8 Å². The number of allylic oxidation sites excluding steroid dienone is 1. The van der Waals surface area contributed by atoms with Gasteiger partial charge in [-0.05, 0) is 179 Å². The van der Waals surface area contributed by atoms with Crippen molar-refractivity contribution in [3.8, 4) is 23.8 Å². The fourth-order valence-corrected chi connectivity index (χ4v) is 7.74. The molecule has 2 N–H and O–H groups in total. The van der Waals surface area contributed by atoms with Crippen LogP contribution < -0.4 is 20.1 Å². The molecule has 0 saturated carbocycles. The lowest BCUT2D eigenvalue weighted by Crippen LogP contribution is -2.20. The second kappa shape index (κ2) is 24.0. The Bertz CT molecular complexity index is 2580. The van der Waals surface area contributed by atoms with Gasteiger partial charge in [0.15, 0.2) is 0 Å². The van der Waals surface area contributed by atoms with Gasteiger partial charge >= 0.3 is 6.18 Å². The van der Waals surface area contributed by atoms with Gasteiger partial charge in [0.05, 0.1) is 45.6 Å². The van der Waals surface area contributed by atoms with E-state index in [1.807, 2.05) is 63.2 Å². The van der Waals surface area contributed by atoms with E-state index >= 15 is 0 Å². The molecule has 4 nitrogen and oxygen atoms in total. The molecule has 0 fully saturated rings. The van der Waals surface area contributed by atoms with Crippen LogP contribution >= 0.6 is 23.2 Å². The highest BCUT2D eigenvalue weighted by molar-refractivity contribution is 6.32. The third-order valence-electron chi connectivity index (χ3n) is 11.0. The number of halogens is 8. The topological polar surface area (TPSA) is 42.5 Å². The molecule has 66 heavy (non-hydrogen) atoms. The number of hydrogen-bond donors (Lipinski definition) is 2. The molecule has 12 heteroatoms. The molecule has 0 aliphatic heterocycles. The molecule has 0 aliphatic rings. The van der Waals surface area contributed by atoms with Gasteiger partial charge in [0.25, 0.3) is 0 Å². The molecule has 0 amide bonds. The van der Waals surface area contributed by atoms with Crippen LogP contribution in [-0.2, 0) is 24.4 Å². The molecular weight excluding hydrogens is 893 g/mol. The number of anilines is 4. The number of benzene rings is 6. The van der Waals surface area contributed by atoms with Gasteiger partial charge in [-0.15, -0.1) is 13.0 Å². The minimum Gasteiger partial charge on any atom is -0.492 e. The van der Waals surface area contributed by atoms with E-state index < -0.39 is 23.0 Å². The van der Waals surface area contributed by atoms with Crippen molar-refractivity contribution in [2.75, 3.05) is 23.8 Å². The third kappa shape index (κ3) is 14.5. The van der Waals surface area contributed by atoms with Crippen LogP contribution in [0.25, 0.3) is 0 Å². The second-order valence-electron chi connectivity index (χ2n) is 15.7. The highest BCUT2D eigenvalue weighted by atomic mass is 35.5. The minimum absolute atomic E-state index is 0.172. The van der Waals surface area contributed by atoms with E-state index in [-0.39, 0.29) is 23.2 Å².